The maximum Gasteiger partial charge on any atom is 0.293 e. The lowest BCUT2D eigenvalue weighted by molar-refractivity contribution is -0.387. The lowest BCUT2D eigenvalue weighted by Gasteiger charge is -2.31. The van der Waals surface area contributed by atoms with Crippen LogP contribution in [0.25, 0.3) is 0 Å². The van der Waals surface area contributed by atoms with Gasteiger partial charge in [0.1, 0.15) is 5.75 Å². The van der Waals surface area contributed by atoms with Crippen LogP contribution in [0.3, 0.4) is 0 Å². The lowest BCUT2D eigenvalue weighted by atomic mass is 10.1. The van der Waals surface area contributed by atoms with Crippen molar-refractivity contribution in [2.45, 2.75) is 23.8 Å². The summed E-state index contributed by atoms with van der Waals surface area (Å²) < 4.78 is 31.7. The van der Waals surface area contributed by atoms with Crippen LogP contribution in [-0.4, -0.2) is 50.9 Å². The van der Waals surface area contributed by atoms with Crippen molar-refractivity contribution in [2.24, 2.45) is 0 Å². The summed E-state index contributed by atoms with van der Waals surface area (Å²) in [7, 11) is -0.765. The summed E-state index contributed by atoms with van der Waals surface area (Å²) in [5.74, 6) is 0.248. The van der Waals surface area contributed by atoms with Crippen molar-refractivity contribution in [3.8, 4) is 5.75 Å². The minimum Gasteiger partial charge on any atom is -0.497 e. The predicted molar refractivity (Wildman–Crippen MR) is 80.5 cm³/mol. The number of ether oxygens (including phenoxy) is 1. The zero-order valence-electron chi connectivity index (χ0n) is 12.5. The molecule has 22 heavy (non-hydrogen) atoms. The highest BCUT2D eigenvalue weighted by molar-refractivity contribution is 7.89. The molecule has 2 rings (SSSR count). The average molecular weight is 329 g/mol. The van der Waals surface area contributed by atoms with Gasteiger partial charge in [-0.3, -0.25) is 10.1 Å². The van der Waals surface area contributed by atoms with Gasteiger partial charge >= 0.3 is 0 Å². The molecule has 1 aromatic carbocycles. The highest BCUT2D eigenvalue weighted by Crippen LogP contribution is 2.31. The van der Waals surface area contributed by atoms with Crippen molar-refractivity contribution >= 4 is 15.7 Å². The molecule has 9 heteroatoms. The first-order valence-corrected chi connectivity index (χ1v) is 8.34. The molecule has 1 saturated heterocycles. The van der Waals surface area contributed by atoms with Gasteiger partial charge in [-0.1, -0.05) is 0 Å². The molecule has 0 radical (unpaired) electrons. The molecule has 0 aliphatic carbocycles. The Morgan fingerprint density at radius 2 is 2.18 bits per heavy atom. The third-order valence-electron chi connectivity index (χ3n) is 3.77. The second kappa shape index (κ2) is 6.59. The number of piperidine rings is 1. The highest BCUT2D eigenvalue weighted by atomic mass is 32.2. The first kappa shape index (κ1) is 16.7. The molecule has 1 N–H and O–H groups in total. The van der Waals surface area contributed by atoms with Gasteiger partial charge in [0.15, 0.2) is 4.90 Å². The molecular weight excluding hydrogens is 310 g/mol. The van der Waals surface area contributed by atoms with E-state index in [9.17, 15) is 18.5 Å². The Bertz CT molecular complexity index is 662. The largest absolute Gasteiger partial charge is 0.497 e. The third kappa shape index (κ3) is 3.21. The predicted octanol–water partition coefficient (Wildman–Crippen LogP) is 0.976. The van der Waals surface area contributed by atoms with Gasteiger partial charge in [0.2, 0.25) is 10.0 Å². The van der Waals surface area contributed by atoms with Crippen LogP contribution in [0, 0.1) is 10.1 Å². The molecule has 0 amide bonds. The molecule has 1 fully saturated rings. The number of nitro benzene ring substituents is 1. The highest BCUT2D eigenvalue weighted by Gasteiger charge is 2.34. The van der Waals surface area contributed by atoms with E-state index in [0.29, 0.717) is 19.5 Å². The quantitative estimate of drug-likeness (QED) is 0.638. The molecule has 1 aliphatic heterocycles. The zero-order chi connectivity index (χ0) is 16.3. The Kier molecular flexibility index (Phi) is 4.99. The number of likely N-dealkylation sites (N-methyl/N-ethyl adjacent to an activating group) is 1. The van der Waals surface area contributed by atoms with Crippen molar-refractivity contribution in [1.82, 2.24) is 9.62 Å². The Morgan fingerprint density at radius 1 is 1.45 bits per heavy atom. The van der Waals surface area contributed by atoms with Crippen LogP contribution >= 0.6 is 0 Å². The SMILES string of the molecule is CNC1CCCN(S(=O)(=O)c2ccc(OC)cc2[N+](=O)[O-])C1. The van der Waals surface area contributed by atoms with Gasteiger partial charge < -0.3 is 10.1 Å². The van der Waals surface area contributed by atoms with Crippen LogP contribution in [0.4, 0.5) is 5.69 Å². The Labute approximate surface area is 129 Å². The average Bonchev–Trinajstić information content (AvgIpc) is 2.54. The van der Waals surface area contributed by atoms with Gasteiger partial charge in [-0.2, -0.15) is 4.31 Å². The van der Waals surface area contributed by atoms with E-state index in [1.807, 2.05) is 0 Å². The van der Waals surface area contributed by atoms with E-state index < -0.39 is 20.6 Å². The molecule has 1 heterocycles. The number of hydrogen-bond acceptors (Lipinski definition) is 6. The van der Waals surface area contributed by atoms with E-state index >= 15 is 0 Å². The summed E-state index contributed by atoms with van der Waals surface area (Å²) in [4.78, 5) is 10.2. The van der Waals surface area contributed by atoms with Gasteiger partial charge in [0.05, 0.1) is 18.1 Å². The summed E-state index contributed by atoms with van der Waals surface area (Å²) in [6.07, 6.45) is 1.60. The van der Waals surface area contributed by atoms with Crippen molar-refractivity contribution < 1.29 is 18.1 Å². The standard InChI is InChI=1S/C13H19N3O5S/c1-14-10-4-3-7-15(9-10)22(19,20)13-6-5-11(21-2)8-12(13)16(17)18/h5-6,8,10,14H,3-4,7,9H2,1-2H3. The fourth-order valence-corrected chi connectivity index (χ4v) is 4.18. The van der Waals surface area contributed by atoms with Crippen LogP contribution in [0.5, 0.6) is 5.75 Å². The van der Waals surface area contributed by atoms with E-state index in [-0.39, 0.29) is 16.7 Å². The molecule has 1 unspecified atom stereocenters. The second-order valence-electron chi connectivity index (χ2n) is 5.08. The van der Waals surface area contributed by atoms with Crippen molar-refractivity contribution in [3.63, 3.8) is 0 Å². The summed E-state index contributed by atoms with van der Waals surface area (Å²) >= 11 is 0. The molecule has 0 spiro atoms. The van der Waals surface area contributed by atoms with Crippen molar-refractivity contribution in [3.05, 3.63) is 28.3 Å². The smallest absolute Gasteiger partial charge is 0.293 e. The van der Waals surface area contributed by atoms with Gasteiger partial charge in [-0.25, -0.2) is 8.42 Å². The van der Waals surface area contributed by atoms with Crippen LogP contribution in [-0.2, 0) is 10.0 Å². The first-order chi connectivity index (χ1) is 10.4. The molecule has 0 saturated carbocycles. The summed E-state index contributed by atoms with van der Waals surface area (Å²) in [6, 6.07) is 3.84. The molecule has 8 nitrogen and oxygen atoms in total. The number of hydrogen-bond donors (Lipinski definition) is 1. The minimum absolute atomic E-state index is 0.0563. The topological polar surface area (TPSA) is 102 Å². The maximum atomic E-state index is 12.7. The van der Waals surface area contributed by atoms with E-state index in [0.717, 1.165) is 12.5 Å². The fraction of sp³-hybridized carbons (Fsp3) is 0.538. The zero-order valence-corrected chi connectivity index (χ0v) is 13.3. The Morgan fingerprint density at radius 3 is 2.77 bits per heavy atom. The Hall–Kier alpha value is -1.71. The number of benzene rings is 1. The first-order valence-electron chi connectivity index (χ1n) is 6.90. The van der Waals surface area contributed by atoms with Gasteiger partial charge in [0.25, 0.3) is 5.69 Å². The Balaban J connectivity index is 2.42. The number of nitro groups is 1. The number of methoxy groups -OCH3 is 1. The monoisotopic (exact) mass is 329 g/mol. The molecule has 1 aliphatic rings. The molecule has 1 atom stereocenters. The van der Waals surface area contributed by atoms with Crippen molar-refractivity contribution in [1.29, 1.82) is 0 Å². The van der Waals surface area contributed by atoms with Gasteiger partial charge in [0, 0.05) is 19.1 Å². The van der Waals surface area contributed by atoms with Crippen LogP contribution in [0.1, 0.15) is 12.8 Å². The van der Waals surface area contributed by atoms with E-state index in [1.54, 1.807) is 7.05 Å². The molecule has 0 bridgehead atoms. The lowest BCUT2D eigenvalue weighted by Crippen LogP contribution is -2.46. The normalized spacial score (nSPS) is 19.8. The van der Waals surface area contributed by atoms with Gasteiger partial charge in [-0.15, -0.1) is 0 Å². The number of sulfonamides is 1. The summed E-state index contributed by atoms with van der Waals surface area (Å²) in [5, 5.41) is 14.2. The third-order valence-corrected chi connectivity index (χ3v) is 5.69. The summed E-state index contributed by atoms with van der Waals surface area (Å²) in [5.41, 5.74) is -0.467. The van der Waals surface area contributed by atoms with E-state index in [4.69, 9.17) is 4.74 Å². The van der Waals surface area contributed by atoms with E-state index in [2.05, 4.69) is 5.32 Å². The van der Waals surface area contributed by atoms with Gasteiger partial charge in [-0.05, 0) is 32.0 Å². The number of nitrogens with one attached hydrogen (secondary N) is 1. The second-order valence-corrected chi connectivity index (χ2v) is 6.99. The molecular formula is C13H19N3O5S. The van der Waals surface area contributed by atoms with E-state index in [1.165, 1.54) is 23.5 Å². The molecule has 1 aromatic rings. The minimum atomic E-state index is -3.91. The number of rotatable bonds is 5. The van der Waals surface area contributed by atoms with Crippen LogP contribution < -0.4 is 10.1 Å². The number of nitrogens with zero attached hydrogens (tertiary/aromatic N) is 2. The molecule has 0 aromatic heterocycles. The van der Waals surface area contributed by atoms with Crippen LogP contribution in [0.2, 0.25) is 0 Å². The van der Waals surface area contributed by atoms with Crippen LogP contribution in [0.15, 0.2) is 23.1 Å². The maximum absolute atomic E-state index is 12.7. The van der Waals surface area contributed by atoms with Crippen molar-refractivity contribution in [2.75, 3.05) is 27.2 Å². The summed E-state index contributed by atoms with van der Waals surface area (Å²) in [6.45, 7) is 0.672. The molecule has 122 valence electrons. The fourth-order valence-electron chi connectivity index (χ4n) is 2.52.